The van der Waals surface area contributed by atoms with E-state index >= 15 is 0 Å². The van der Waals surface area contributed by atoms with Crippen molar-refractivity contribution < 1.29 is 9.53 Å². The lowest BCUT2D eigenvalue weighted by Gasteiger charge is -2.38. The summed E-state index contributed by atoms with van der Waals surface area (Å²) in [4.78, 5) is 26.6. The summed E-state index contributed by atoms with van der Waals surface area (Å²) < 4.78 is 5.60. The van der Waals surface area contributed by atoms with Gasteiger partial charge in [-0.05, 0) is 0 Å². The number of hydrogen-bond donors (Lipinski definition) is 1. The summed E-state index contributed by atoms with van der Waals surface area (Å²) in [6.07, 6.45) is 4.84. The Labute approximate surface area is 142 Å². The van der Waals surface area contributed by atoms with Gasteiger partial charge in [0.05, 0.1) is 19.0 Å². The lowest BCUT2D eigenvalue weighted by atomic mass is 10.0. The van der Waals surface area contributed by atoms with Crippen molar-refractivity contribution in [3.63, 3.8) is 0 Å². The molecule has 1 N–H and O–H groups in total. The molecule has 9 heteroatoms. The number of hydrogen-bond acceptors (Lipinski definition) is 7. The Morgan fingerprint density at radius 2 is 2.30 bits per heavy atom. The highest BCUT2D eigenvalue weighted by Crippen LogP contribution is 2.24. The topological polar surface area (TPSA) is 80.2 Å². The van der Waals surface area contributed by atoms with Gasteiger partial charge in [-0.1, -0.05) is 11.6 Å². The Morgan fingerprint density at radius 1 is 1.48 bits per heavy atom. The van der Waals surface area contributed by atoms with Gasteiger partial charge in [0, 0.05) is 43.5 Å². The maximum Gasteiger partial charge on any atom is 0.233 e. The summed E-state index contributed by atoms with van der Waals surface area (Å²) in [6.45, 7) is 4.84. The van der Waals surface area contributed by atoms with Crippen LogP contribution >= 0.6 is 22.9 Å². The Balaban J connectivity index is 1.39. The third-order valence-electron chi connectivity index (χ3n) is 3.30. The fourth-order valence-electron chi connectivity index (χ4n) is 2.32. The molecule has 23 heavy (non-hydrogen) atoms. The maximum atomic E-state index is 11.0. The van der Waals surface area contributed by atoms with E-state index in [-0.39, 0.29) is 5.91 Å². The summed E-state index contributed by atoms with van der Waals surface area (Å²) >= 11 is 7.27. The van der Waals surface area contributed by atoms with E-state index in [2.05, 4.69) is 25.2 Å². The number of ether oxygens (including phenoxy) is 1. The zero-order valence-corrected chi connectivity index (χ0v) is 14.1. The number of aromatic nitrogens is 3. The molecule has 1 aliphatic rings. The Hall–Kier alpha value is -1.77. The standard InChI is InChI=1S/C14H16ClN5O2S/c1-9(21)18-14-17-2-11(23-14)7-20-5-10(6-20)8-22-13-4-16-3-12(15)19-13/h2-4,10H,5-8H2,1H3,(H,17,18,21). The second kappa shape index (κ2) is 7.20. The van der Waals surface area contributed by atoms with Crippen molar-refractivity contribution in [1.29, 1.82) is 0 Å². The molecule has 0 aromatic carbocycles. The molecule has 2 aromatic rings. The van der Waals surface area contributed by atoms with Crippen molar-refractivity contribution >= 4 is 34.0 Å². The normalized spacial score (nSPS) is 15.2. The number of anilines is 1. The zero-order valence-electron chi connectivity index (χ0n) is 12.5. The highest BCUT2D eigenvalue weighted by Gasteiger charge is 2.27. The SMILES string of the molecule is CC(=O)Nc1ncc(CN2CC(COc3cncc(Cl)n3)C2)s1. The van der Waals surface area contributed by atoms with Crippen LogP contribution in [0.4, 0.5) is 5.13 Å². The molecule has 0 aliphatic carbocycles. The molecule has 3 heterocycles. The van der Waals surface area contributed by atoms with Crippen LogP contribution in [-0.2, 0) is 11.3 Å². The number of nitrogens with one attached hydrogen (secondary N) is 1. The number of amides is 1. The molecule has 0 bridgehead atoms. The first-order valence-electron chi connectivity index (χ1n) is 7.13. The molecular formula is C14H16ClN5O2S. The molecule has 0 atom stereocenters. The van der Waals surface area contributed by atoms with Crippen LogP contribution in [-0.4, -0.2) is 45.5 Å². The minimum absolute atomic E-state index is 0.101. The molecule has 0 spiro atoms. The van der Waals surface area contributed by atoms with Crippen LogP contribution in [0.15, 0.2) is 18.6 Å². The van der Waals surface area contributed by atoms with Crippen LogP contribution in [0.5, 0.6) is 5.88 Å². The van der Waals surface area contributed by atoms with Gasteiger partial charge in [-0.2, -0.15) is 4.98 Å². The van der Waals surface area contributed by atoms with Crippen LogP contribution < -0.4 is 10.1 Å². The summed E-state index contributed by atoms with van der Waals surface area (Å²) in [7, 11) is 0. The minimum atomic E-state index is -0.101. The number of halogens is 1. The predicted octanol–water partition coefficient (Wildman–Crippen LogP) is 2.06. The molecule has 0 saturated carbocycles. The van der Waals surface area contributed by atoms with E-state index in [1.54, 1.807) is 12.4 Å². The Kier molecular flexibility index (Phi) is 5.04. The second-order valence-corrected chi connectivity index (χ2v) is 6.87. The third-order valence-corrected chi connectivity index (χ3v) is 4.38. The molecule has 7 nitrogen and oxygen atoms in total. The Bertz CT molecular complexity index is 689. The lowest BCUT2D eigenvalue weighted by Crippen LogP contribution is -2.48. The molecule has 1 amide bonds. The van der Waals surface area contributed by atoms with E-state index in [4.69, 9.17) is 16.3 Å². The van der Waals surface area contributed by atoms with Gasteiger partial charge in [0.2, 0.25) is 11.8 Å². The van der Waals surface area contributed by atoms with Crippen molar-refractivity contribution in [1.82, 2.24) is 19.9 Å². The summed E-state index contributed by atoms with van der Waals surface area (Å²) in [5.74, 6) is 0.827. The van der Waals surface area contributed by atoms with Crippen molar-refractivity contribution in [3.05, 3.63) is 28.6 Å². The largest absolute Gasteiger partial charge is 0.476 e. The van der Waals surface area contributed by atoms with E-state index in [1.165, 1.54) is 24.5 Å². The number of carbonyl (C=O) groups excluding carboxylic acids is 1. The van der Waals surface area contributed by atoms with E-state index in [9.17, 15) is 4.79 Å². The van der Waals surface area contributed by atoms with Gasteiger partial charge in [0.25, 0.3) is 0 Å². The first kappa shape index (κ1) is 16.1. The molecule has 1 saturated heterocycles. The van der Waals surface area contributed by atoms with Crippen LogP contribution in [0.3, 0.4) is 0 Å². The first-order chi connectivity index (χ1) is 11.1. The van der Waals surface area contributed by atoms with Crippen molar-refractivity contribution in [2.75, 3.05) is 25.0 Å². The quantitative estimate of drug-likeness (QED) is 0.856. The highest BCUT2D eigenvalue weighted by atomic mass is 35.5. The molecule has 1 fully saturated rings. The first-order valence-corrected chi connectivity index (χ1v) is 8.33. The molecule has 122 valence electrons. The number of rotatable bonds is 6. The molecule has 3 rings (SSSR count). The van der Waals surface area contributed by atoms with Gasteiger partial charge in [-0.15, -0.1) is 11.3 Å². The molecule has 1 aliphatic heterocycles. The fourth-order valence-corrected chi connectivity index (χ4v) is 3.36. The molecular weight excluding hydrogens is 338 g/mol. The van der Waals surface area contributed by atoms with Crippen LogP contribution in [0.2, 0.25) is 5.15 Å². The summed E-state index contributed by atoms with van der Waals surface area (Å²) in [6, 6.07) is 0. The fraction of sp³-hybridized carbons (Fsp3) is 0.429. The van der Waals surface area contributed by atoms with Gasteiger partial charge < -0.3 is 10.1 Å². The van der Waals surface area contributed by atoms with Crippen LogP contribution in [0.1, 0.15) is 11.8 Å². The monoisotopic (exact) mass is 353 g/mol. The molecule has 0 unspecified atom stereocenters. The van der Waals surface area contributed by atoms with E-state index in [1.807, 2.05) is 0 Å². The van der Waals surface area contributed by atoms with E-state index < -0.39 is 0 Å². The second-order valence-electron chi connectivity index (χ2n) is 5.36. The van der Waals surface area contributed by atoms with Crippen molar-refractivity contribution in [2.45, 2.75) is 13.5 Å². The minimum Gasteiger partial charge on any atom is -0.476 e. The zero-order chi connectivity index (χ0) is 16.2. The van der Waals surface area contributed by atoms with E-state index in [0.717, 1.165) is 24.5 Å². The van der Waals surface area contributed by atoms with Crippen molar-refractivity contribution in [2.24, 2.45) is 5.92 Å². The smallest absolute Gasteiger partial charge is 0.233 e. The van der Waals surface area contributed by atoms with Crippen LogP contribution in [0, 0.1) is 5.92 Å². The van der Waals surface area contributed by atoms with Gasteiger partial charge in [0.15, 0.2) is 10.3 Å². The molecule has 2 aromatic heterocycles. The van der Waals surface area contributed by atoms with Crippen molar-refractivity contribution in [3.8, 4) is 5.88 Å². The summed E-state index contributed by atoms with van der Waals surface area (Å²) in [5, 5.41) is 3.67. The van der Waals surface area contributed by atoms with Gasteiger partial charge in [-0.25, -0.2) is 4.98 Å². The third kappa shape index (κ3) is 4.60. The van der Waals surface area contributed by atoms with Gasteiger partial charge in [-0.3, -0.25) is 14.7 Å². The average Bonchev–Trinajstić information content (AvgIpc) is 2.87. The lowest BCUT2D eigenvalue weighted by molar-refractivity contribution is -0.114. The maximum absolute atomic E-state index is 11.0. The summed E-state index contributed by atoms with van der Waals surface area (Å²) in [5.41, 5.74) is 0. The van der Waals surface area contributed by atoms with Crippen LogP contribution in [0.25, 0.3) is 0 Å². The number of likely N-dealkylation sites (tertiary alicyclic amines) is 1. The van der Waals surface area contributed by atoms with E-state index in [0.29, 0.717) is 28.7 Å². The van der Waals surface area contributed by atoms with Gasteiger partial charge in [0.1, 0.15) is 0 Å². The predicted molar refractivity (Wildman–Crippen MR) is 87.7 cm³/mol. The van der Waals surface area contributed by atoms with Gasteiger partial charge >= 0.3 is 0 Å². The molecule has 0 radical (unpaired) electrons. The number of thiazole rings is 1. The number of nitrogens with zero attached hydrogens (tertiary/aromatic N) is 4. The Morgan fingerprint density at radius 3 is 3.04 bits per heavy atom. The average molecular weight is 354 g/mol. The highest BCUT2D eigenvalue weighted by molar-refractivity contribution is 7.15. The number of carbonyl (C=O) groups is 1.